The number of nitrogens with zero attached hydrogens (tertiary/aromatic N) is 4. The maximum absolute atomic E-state index is 12.8. The van der Waals surface area contributed by atoms with E-state index in [1.165, 1.54) is 29.6 Å². The Morgan fingerprint density at radius 3 is 2.76 bits per heavy atom. The Bertz CT molecular complexity index is 1440. The first-order valence-electron chi connectivity index (χ1n) is 10.1. The first-order chi connectivity index (χ1) is 17.6. The molecule has 2 aliphatic rings. The van der Waals surface area contributed by atoms with Gasteiger partial charge in [0, 0.05) is 17.6 Å². The third-order valence-electron chi connectivity index (χ3n) is 5.01. The minimum atomic E-state index is -1.30. The van der Waals surface area contributed by atoms with E-state index in [0.29, 0.717) is 16.4 Å². The summed E-state index contributed by atoms with van der Waals surface area (Å²) in [7, 11) is 0. The lowest BCUT2D eigenvalue weighted by atomic mass is 10.0. The number of carboxylic acids is 1. The van der Waals surface area contributed by atoms with E-state index in [1.54, 1.807) is 12.2 Å². The van der Waals surface area contributed by atoms with Gasteiger partial charge >= 0.3 is 5.97 Å². The Kier molecular flexibility index (Phi) is 7.76. The highest BCUT2D eigenvalue weighted by molar-refractivity contribution is 8.00. The van der Waals surface area contributed by atoms with Gasteiger partial charge in [-0.25, -0.2) is 14.8 Å². The number of oxime groups is 1. The SMILES string of the molecule is Nc1nc(SC/C=C/C2=C(C(=O)O)N3C(=O)C(NC(=O)/C(=N/O)c4nc(N)sc4Cl)[C@H]3SC2)cc(=O)[nH]1. The summed E-state index contributed by atoms with van der Waals surface area (Å²) in [6, 6.07) is 0.224. The first kappa shape index (κ1) is 26.5. The number of thiazole rings is 1. The van der Waals surface area contributed by atoms with Crippen molar-refractivity contribution in [2.45, 2.75) is 16.4 Å². The van der Waals surface area contributed by atoms with E-state index >= 15 is 0 Å². The number of H-pyrrole nitrogens is 1. The van der Waals surface area contributed by atoms with Crippen molar-refractivity contribution in [2.75, 3.05) is 23.0 Å². The van der Waals surface area contributed by atoms with Crippen LogP contribution in [0.3, 0.4) is 0 Å². The lowest BCUT2D eigenvalue weighted by molar-refractivity contribution is -0.150. The van der Waals surface area contributed by atoms with Gasteiger partial charge in [-0.1, -0.05) is 40.2 Å². The molecule has 0 spiro atoms. The second kappa shape index (κ2) is 10.8. The predicted molar refractivity (Wildman–Crippen MR) is 139 cm³/mol. The second-order valence-corrected chi connectivity index (χ2v) is 11.1. The molecule has 1 fully saturated rings. The van der Waals surface area contributed by atoms with Crippen molar-refractivity contribution in [1.29, 1.82) is 0 Å². The summed E-state index contributed by atoms with van der Waals surface area (Å²) in [6.07, 6.45) is 3.26. The van der Waals surface area contributed by atoms with Gasteiger partial charge in [0.1, 0.15) is 32.2 Å². The molecule has 2 amide bonds. The molecule has 2 aliphatic heterocycles. The van der Waals surface area contributed by atoms with Gasteiger partial charge in [-0.15, -0.1) is 23.5 Å². The number of rotatable bonds is 8. The number of hydrogen-bond donors (Lipinski definition) is 6. The molecule has 0 aromatic carbocycles. The van der Waals surface area contributed by atoms with E-state index < -0.39 is 40.5 Å². The predicted octanol–water partition coefficient (Wildman–Crippen LogP) is 0.310. The summed E-state index contributed by atoms with van der Waals surface area (Å²) in [5.41, 5.74) is 10.2. The average molecular weight is 585 g/mol. The molecule has 0 saturated carbocycles. The van der Waals surface area contributed by atoms with Gasteiger partial charge < -0.3 is 27.1 Å². The number of nitrogens with one attached hydrogen (secondary N) is 2. The van der Waals surface area contributed by atoms with E-state index in [9.17, 15) is 29.5 Å². The van der Waals surface area contributed by atoms with Crippen LogP contribution in [0, 0.1) is 0 Å². The number of carbonyl (C=O) groups excluding carboxylic acids is 2. The monoisotopic (exact) mass is 584 g/mol. The molecular formula is C19H17ClN8O6S3. The van der Waals surface area contributed by atoms with Crippen LogP contribution in [-0.4, -0.2) is 76.6 Å². The molecule has 1 saturated heterocycles. The number of fused-ring (bicyclic) bond motifs is 1. The van der Waals surface area contributed by atoms with Crippen molar-refractivity contribution >= 4 is 81.0 Å². The number of halogens is 1. The van der Waals surface area contributed by atoms with Gasteiger partial charge in [0.2, 0.25) is 5.95 Å². The van der Waals surface area contributed by atoms with E-state index in [1.807, 2.05) is 0 Å². The Balaban J connectivity index is 1.45. The number of allylic oxidation sites excluding steroid dienone is 1. The van der Waals surface area contributed by atoms with E-state index in [0.717, 1.165) is 16.2 Å². The highest BCUT2D eigenvalue weighted by Crippen LogP contribution is 2.40. The van der Waals surface area contributed by atoms with Gasteiger partial charge in [-0.3, -0.25) is 24.3 Å². The molecule has 37 heavy (non-hydrogen) atoms. The van der Waals surface area contributed by atoms with Crippen LogP contribution in [-0.2, 0) is 14.4 Å². The largest absolute Gasteiger partial charge is 0.477 e. The van der Waals surface area contributed by atoms with Crippen LogP contribution in [0.4, 0.5) is 11.1 Å². The number of carboxylic acid groups (broad SMARTS) is 1. The zero-order chi connectivity index (χ0) is 26.9. The maximum atomic E-state index is 12.8. The Labute approximate surface area is 224 Å². The second-order valence-electron chi connectivity index (χ2n) is 7.35. The van der Waals surface area contributed by atoms with Crippen molar-refractivity contribution in [2.24, 2.45) is 5.16 Å². The normalized spacial score (nSPS) is 19.6. The number of anilines is 2. The quantitative estimate of drug-likeness (QED) is 0.0614. The number of aromatic nitrogens is 3. The molecule has 14 nitrogen and oxygen atoms in total. The van der Waals surface area contributed by atoms with Crippen LogP contribution in [0.5, 0.6) is 0 Å². The topological polar surface area (TPSA) is 230 Å². The van der Waals surface area contributed by atoms with Crippen molar-refractivity contribution in [3.8, 4) is 0 Å². The average Bonchev–Trinajstić information content (AvgIpc) is 3.16. The molecule has 2 aromatic heterocycles. The molecule has 1 unspecified atom stereocenters. The number of aromatic amines is 1. The standard InChI is InChI=1S/C19H17ClN8O6S3/c20-13-9(26-19(22)37-13)10(27-34)14(30)25-11-15(31)28-12(17(32)33)6(5-36-16(11)28)2-1-3-35-8-4-7(29)23-18(21)24-8/h1-2,4,11,16,34H,3,5H2,(H2,22,26)(H,25,30)(H,32,33)(H3,21,23,24,29)/b2-1+,27-10+/t11?,16-/m1/s1. The molecule has 8 N–H and O–H groups in total. The van der Waals surface area contributed by atoms with Crippen LogP contribution in [0.2, 0.25) is 4.34 Å². The highest BCUT2D eigenvalue weighted by Gasteiger charge is 2.54. The van der Waals surface area contributed by atoms with Gasteiger partial charge in [-0.05, 0) is 5.57 Å². The van der Waals surface area contributed by atoms with E-state index in [2.05, 4.69) is 25.4 Å². The number of thioether (sulfide) groups is 2. The van der Waals surface area contributed by atoms with Crippen LogP contribution in [0.25, 0.3) is 0 Å². The fourth-order valence-electron chi connectivity index (χ4n) is 3.50. The molecule has 0 aliphatic carbocycles. The summed E-state index contributed by atoms with van der Waals surface area (Å²) in [4.78, 5) is 60.3. The minimum absolute atomic E-state index is 0.0151. The molecule has 2 aromatic rings. The summed E-state index contributed by atoms with van der Waals surface area (Å²) in [6.45, 7) is 0. The van der Waals surface area contributed by atoms with Gasteiger partial charge in [-0.2, -0.15) is 0 Å². The van der Waals surface area contributed by atoms with Crippen molar-refractivity contribution in [3.05, 3.63) is 49.9 Å². The molecule has 4 heterocycles. The summed E-state index contributed by atoms with van der Waals surface area (Å²) >= 11 is 9.33. The fourth-order valence-corrected chi connectivity index (χ4v) is 6.46. The van der Waals surface area contributed by atoms with Crippen LogP contribution < -0.4 is 22.3 Å². The van der Waals surface area contributed by atoms with E-state index in [4.69, 9.17) is 23.1 Å². The van der Waals surface area contributed by atoms with Crippen LogP contribution in [0.15, 0.2) is 44.5 Å². The summed E-state index contributed by atoms with van der Waals surface area (Å²) in [5, 5.41) is 24.2. The Morgan fingerprint density at radius 2 is 2.14 bits per heavy atom. The zero-order valence-corrected chi connectivity index (χ0v) is 21.6. The number of aliphatic carboxylic acids is 1. The number of β-lactam (4-membered cyclic amide) rings is 1. The third-order valence-corrected chi connectivity index (χ3v) is 8.26. The lowest BCUT2D eigenvalue weighted by Gasteiger charge is -2.49. The Hall–Kier alpha value is -3.54. The number of hydrogen-bond acceptors (Lipinski definition) is 13. The van der Waals surface area contributed by atoms with E-state index in [-0.39, 0.29) is 32.6 Å². The molecule has 0 radical (unpaired) electrons. The summed E-state index contributed by atoms with van der Waals surface area (Å²) in [5.74, 6) is -2.28. The zero-order valence-electron chi connectivity index (χ0n) is 18.4. The number of nitrogens with two attached hydrogens (primary N) is 2. The first-order valence-corrected chi connectivity index (χ1v) is 13.4. The highest BCUT2D eigenvalue weighted by atomic mass is 35.5. The van der Waals surface area contributed by atoms with Crippen molar-refractivity contribution in [1.82, 2.24) is 25.2 Å². The molecule has 0 bridgehead atoms. The lowest BCUT2D eigenvalue weighted by Crippen LogP contribution is -2.71. The molecule has 2 atom stereocenters. The number of nitrogen functional groups attached to an aromatic ring is 2. The van der Waals surface area contributed by atoms with Gasteiger partial charge in [0.05, 0.1) is 0 Å². The van der Waals surface area contributed by atoms with Gasteiger partial charge in [0.25, 0.3) is 17.4 Å². The minimum Gasteiger partial charge on any atom is -0.477 e. The maximum Gasteiger partial charge on any atom is 0.352 e. The van der Waals surface area contributed by atoms with Crippen molar-refractivity contribution < 1.29 is 24.7 Å². The number of carbonyl (C=O) groups is 3. The Morgan fingerprint density at radius 1 is 1.38 bits per heavy atom. The smallest absolute Gasteiger partial charge is 0.352 e. The number of amides is 2. The molecular weight excluding hydrogens is 568 g/mol. The summed E-state index contributed by atoms with van der Waals surface area (Å²) < 4.78 is 0.0260. The molecule has 4 rings (SSSR count). The van der Waals surface area contributed by atoms with Crippen molar-refractivity contribution in [3.63, 3.8) is 0 Å². The third kappa shape index (κ3) is 5.43. The fraction of sp³-hybridized carbons (Fsp3) is 0.211. The molecule has 194 valence electrons. The van der Waals surface area contributed by atoms with Crippen LogP contribution in [0.1, 0.15) is 5.69 Å². The van der Waals surface area contributed by atoms with Gasteiger partial charge in [0.15, 0.2) is 10.8 Å². The molecule has 18 heteroatoms. The van der Waals surface area contributed by atoms with Crippen LogP contribution >= 0.6 is 46.5 Å².